The zero-order chi connectivity index (χ0) is 17.4. The molecule has 4 nitrogen and oxygen atoms in total. The maximum Gasteiger partial charge on any atom is 0.331 e. The number of esters is 1. The van der Waals surface area contributed by atoms with Crippen molar-refractivity contribution in [3.05, 3.63) is 76.8 Å². The molecule has 0 saturated carbocycles. The largest absolute Gasteiger partial charge is 0.452 e. The van der Waals surface area contributed by atoms with Crippen molar-refractivity contribution in [1.29, 1.82) is 0 Å². The molecule has 0 aromatic heterocycles. The molecule has 5 heteroatoms. The summed E-state index contributed by atoms with van der Waals surface area (Å²) in [5, 5.41) is 0.627. The third-order valence-electron chi connectivity index (χ3n) is 3.31. The summed E-state index contributed by atoms with van der Waals surface area (Å²) in [4.78, 5) is 25.2. The van der Waals surface area contributed by atoms with E-state index in [0.717, 1.165) is 11.1 Å². The number of nitrogens with zero attached hydrogens (tertiary/aromatic N) is 1. The van der Waals surface area contributed by atoms with Crippen molar-refractivity contribution in [1.82, 2.24) is 4.90 Å². The predicted octanol–water partition coefficient (Wildman–Crippen LogP) is 3.56. The highest BCUT2D eigenvalue weighted by molar-refractivity contribution is 6.30. The molecule has 24 heavy (non-hydrogen) atoms. The van der Waals surface area contributed by atoms with Gasteiger partial charge < -0.3 is 9.64 Å². The summed E-state index contributed by atoms with van der Waals surface area (Å²) >= 11 is 5.79. The first kappa shape index (κ1) is 17.8. The van der Waals surface area contributed by atoms with Crippen LogP contribution in [0.5, 0.6) is 0 Å². The second-order valence-corrected chi connectivity index (χ2v) is 5.66. The van der Waals surface area contributed by atoms with Gasteiger partial charge in [-0.3, -0.25) is 4.79 Å². The third-order valence-corrected chi connectivity index (χ3v) is 3.56. The molecule has 0 N–H and O–H groups in total. The topological polar surface area (TPSA) is 46.6 Å². The summed E-state index contributed by atoms with van der Waals surface area (Å²) in [5.41, 5.74) is 1.84. The van der Waals surface area contributed by atoms with Crippen LogP contribution in [0.25, 0.3) is 6.08 Å². The Hall–Kier alpha value is -2.59. The fourth-order valence-corrected chi connectivity index (χ4v) is 2.10. The molecule has 0 radical (unpaired) electrons. The third kappa shape index (κ3) is 5.89. The zero-order valence-corrected chi connectivity index (χ0v) is 14.1. The van der Waals surface area contributed by atoms with E-state index < -0.39 is 5.97 Å². The molecule has 2 aromatic carbocycles. The first-order chi connectivity index (χ1) is 11.5. The van der Waals surface area contributed by atoms with Crippen LogP contribution in [-0.2, 0) is 20.9 Å². The van der Waals surface area contributed by atoms with E-state index in [1.807, 2.05) is 30.3 Å². The Balaban J connectivity index is 1.78. The van der Waals surface area contributed by atoms with Crippen LogP contribution in [0.2, 0.25) is 5.02 Å². The number of likely N-dealkylation sites (N-methyl/N-ethyl adjacent to an activating group) is 1. The van der Waals surface area contributed by atoms with Crippen LogP contribution in [0.15, 0.2) is 60.7 Å². The average Bonchev–Trinajstić information content (AvgIpc) is 2.60. The van der Waals surface area contributed by atoms with Crippen molar-refractivity contribution < 1.29 is 14.3 Å². The van der Waals surface area contributed by atoms with E-state index in [-0.39, 0.29) is 12.5 Å². The Bertz CT molecular complexity index is 711. The van der Waals surface area contributed by atoms with Crippen LogP contribution >= 0.6 is 11.6 Å². The molecule has 2 rings (SSSR count). The van der Waals surface area contributed by atoms with Crippen LogP contribution < -0.4 is 0 Å². The minimum atomic E-state index is -0.564. The molecule has 2 aromatic rings. The normalized spacial score (nSPS) is 10.6. The molecular formula is C19H18ClNO3. The van der Waals surface area contributed by atoms with E-state index >= 15 is 0 Å². The van der Waals surface area contributed by atoms with Crippen LogP contribution in [0.4, 0.5) is 0 Å². The van der Waals surface area contributed by atoms with Crippen molar-refractivity contribution in [3.63, 3.8) is 0 Å². The zero-order valence-electron chi connectivity index (χ0n) is 13.3. The molecule has 0 fully saturated rings. The van der Waals surface area contributed by atoms with Crippen molar-refractivity contribution in [2.45, 2.75) is 6.54 Å². The molecule has 0 spiro atoms. The van der Waals surface area contributed by atoms with Crippen molar-refractivity contribution in [2.75, 3.05) is 13.7 Å². The number of rotatable bonds is 6. The number of carbonyl (C=O) groups excluding carboxylic acids is 2. The number of hydrogen-bond donors (Lipinski definition) is 0. The number of hydrogen-bond acceptors (Lipinski definition) is 3. The Labute approximate surface area is 146 Å². The Morgan fingerprint density at radius 2 is 1.75 bits per heavy atom. The lowest BCUT2D eigenvalue weighted by atomic mass is 10.2. The van der Waals surface area contributed by atoms with Gasteiger partial charge in [0, 0.05) is 24.7 Å². The van der Waals surface area contributed by atoms with E-state index in [0.29, 0.717) is 11.6 Å². The van der Waals surface area contributed by atoms with Gasteiger partial charge in [-0.05, 0) is 29.3 Å². The molecular weight excluding hydrogens is 326 g/mol. The van der Waals surface area contributed by atoms with Gasteiger partial charge in [0.05, 0.1) is 0 Å². The molecule has 0 saturated heterocycles. The predicted molar refractivity (Wildman–Crippen MR) is 94.4 cm³/mol. The van der Waals surface area contributed by atoms with Gasteiger partial charge in [-0.1, -0.05) is 54.1 Å². The van der Waals surface area contributed by atoms with Gasteiger partial charge in [0.1, 0.15) is 0 Å². The van der Waals surface area contributed by atoms with Gasteiger partial charge in [0.2, 0.25) is 0 Å². The Morgan fingerprint density at radius 1 is 1.08 bits per heavy atom. The number of benzene rings is 2. The quantitative estimate of drug-likeness (QED) is 0.595. The van der Waals surface area contributed by atoms with E-state index in [2.05, 4.69) is 0 Å². The summed E-state index contributed by atoms with van der Waals surface area (Å²) in [5.74, 6) is -0.821. The minimum absolute atomic E-state index is 0.257. The van der Waals surface area contributed by atoms with Gasteiger partial charge in [-0.25, -0.2) is 4.79 Å². The molecule has 0 bridgehead atoms. The highest BCUT2D eigenvalue weighted by atomic mass is 35.5. The Morgan fingerprint density at radius 3 is 2.42 bits per heavy atom. The molecule has 1 amide bonds. The molecule has 0 atom stereocenters. The summed E-state index contributed by atoms with van der Waals surface area (Å²) in [6, 6.07) is 16.6. The number of carbonyl (C=O) groups is 2. The minimum Gasteiger partial charge on any atom is -0.452 e. The van der Waals surface area contributed by atoms with E-state index in [4.69, 9.17) is 16.3 Å². The first-order valence-electron chi connectivity index (χ1n) is 7.43. The highest BCUT2D eigenvalue weighted by Gasteiger charge is 2.11. The van der Waals surface area contributed by atoms with Crippen molar-refractivity contribution >= 4 is 29.6 Å². The number of ether oxygens (including phenoxy) is 1. The lowest BCUT2D eigenvalue weighted by Gasteiger charge is -2.16. The van der Waals surface area contributed by atoms with Crippen molar-refractivity contribution in [2.24, 2.45) is 0 Å². The number of halogens is 1. The summed E-state index contributed by atoms with van der Waals surface area (Å²) < 4.78 is 4.97. The lowest BCUT2D eigenvalue weighted by Crippen LogP contribution is -2.30. The summed E-state index contributed by atoms with van der Waals surface area (Å²) in [6.07, 6.45) is 2.89. The van der Waals surface area contributed by atoms with Crippen LogP contribution in [0.1, 0.15) is 11.1 Å². The molecule has 0 heterocycles. The number of amides is 1. The molecule has 124 valence electrons. The second-order valence-electron chi connectivity index (χ2n) is 5.23. The fraction of sp³-hybridized carbons (Fsp3) is 0.158. The van der Waals surface area contributed by atoms with Gasteiger partial charge in [0.15, 0.2) is 6.61 Å². The Kier molecular flexibility index (Phi) is 6.58. The maximum absolute atomic E-state index is 12.0. The van der Waals surface area contributed by atoms with Crippen LogP contribution in [0, 0.1) is 0 Å². The maximum atomic E-state index is 12.0. The molecule has 0 aliphatic carbocycles. The highest BCUT2D eigenvalue weighted by Crippen LogP contribution is 2.10. The van der Waals surface area contributed by atoms with Gasteiger partial charge >= 0.3 is 5.97 Å². The standard InChI is InChI=1S/C19H18ClNO3/c1-21(13-16-5-3-2-4-6-16)18(22)14-24-19(23)12-9-15-7-10-17(20)11-8-15/h2-12H,13-14H2,1H3. The van der Waals surface area contributed by atoms with Crippen LogP contribution in [-0.4, -0.2) is 30.4 Å². The SMILES string of the molecule is CN(Cc1ccccc1)C(=O)COC(=O)C=Cc1ccc(Cl)cc1. The van der Waals surface area contributed by atoms with Gasteiger partial charge in [-0.15, -0.1) is 0 Å². The first-order valence-corrected chi connectivity index (χ1v) is 7.80. The monoisotopic (exact) mass is 343 g/mol. The fourth-order valence-electron chi connectivity index (χ4n) is 1.97. The summed E-state index contributed by atoms with van der Waals surface area (Å²) in [7, 11) is 1.67. The smallest absolute Gasteiger partial charge is 0.331 e. The van der Waals surface area contributed by atoms with Gasteiger partial charge in [0.25, 0.3) is 5.91 Å². The van der Waals surface area contributed by atoms with E-state index in [1.165, 1.54) is 11.0 Å². The van der Waals surface area contributed by atoms with E-state index in [1.54, 1.807) is 37.4 Å². The van der Waals surface area contributed by atoms with Gasteiger partial charge in [-0.2, -0.15) is 0 Å². The van der Waals surface area contributed by atoms with Crippen molar-refractivity contribution in [3.8, 4) is 0 Å². The van der Waals surface area contributed by atoms with E-state index in [9.17, 15) is 9.59 Å². The lowest BCUT2D eigenvalue weighted by molar-refractivity contribution is -0.147. The molecule has 0 aliphatic heterocycles. The average molecular weight is 344 g/mol. The molecule has 0 unspecified atom stereocenters. The summed E-state index contributed by atoms with van der Waals surface area (Å²) in [6.45, 7) is 0.185. The van der Waals surface area contributed by atoms with Crippen LogP contribution in [0.3, 0.4) is 0 Å². The molecule has 0 aliphatic rings. The second kappa shape index (κ2) is 8.89.